The van der Waals surface area contributed by atoms with Crippen LogP contribution in [0.4, 0.5) is 0 Å². The van der Waals surface area contributed by atoms with Gasteiger partial charge in [-0.05, 0) is 19.4 Å². The van der Waals surface area contributed by atoms with Gasteiger partial charge in [-0.2, -0.15) is 0 Å². The van der Waals surface area contributed by atoms with E-state index in [1.807, 2.05) is 0 Å². The third kappa shape index (κ3) is 21.9. The topological polar surface area (TPSA) is 41.5 Å². The first-order chi connectivity index (χ1) is 12.8. The molecular weight excluding hydrogens is 322 g/mol. The molecule has 0 spiro atoms. The van der Waals surface area contributed by atoms with Crippen LogP contribution in [0.25, 0.3) is 0 Å². The molecule has 0 fully saturated rings. The fourth-order valence-electron chi connectivity index (χ4n) is 3.27. The van der Waals surface area contributed by atoms with Gasteiger partial charge in [0.2, 0.25) is 0 Å². The number of aliphatic hydroxyl groups is 1. The van der Waals surface area contributed by atoms with Crippen molar-refractivity contribution in [1.82, 2.24) is 5.32 Å². The second-order valence-electron chi connectivity index (χ2n) is 7.88. The standard InChI is InChI=1S/C23H49NO2/c1-3-5-7-9-11-12-13-14-15-17-19-24-21-23(25)22-26-20-18-16-10-8-6-4-2/h23-25H,3-22H2,1-2H3. The Labute approximate surface area is 164 Å². The maximum absolute atomic E-state index is 9.90. The average molecular weight is 372 g/mol. The fourth-order valence-corrected chi connectivity index (χ4v) is 3.27. The minimum atomic E-state index is -0.363. The van der Waals surface area contributed by atoms with Gasteiger partial charge in [-0.25, -0.2) is 0 Å². The number of hydrogen-bond acceptors (Lipinski definition) is 3. The van der Waals surface area contributed by atoms with Crippen molar-refractivity contribution in [2.24, 2.45) is 0 Å². The van der Waals surface area contributed by atoms with Gasteiger partial charge in [-0.15, -0.1) is 0 Å². The number of aliphatic hydroxyl groups excluding tert-OH is 1. The molecule has 0 rings (SSSR count). The monoisotopic (exact) mass is 371 g/mol. The molecule has 0 bridgehead atoms. The van der Waals surface area contributed by atoms with Crippen molar-refractivity contribution in [2.75, 3.05) is 26.3 Å². The lowest BCUT2D eigenvalue weighted by molar-refractivity contribution is 0.0355. The van der Waals surface area contributed by atoms with Crippen LogP contribution in [-0.4, -0.2) is 37.5 Å². The quantitative estimate of drug-likeness (QED) is 0.221. The second kappa shape index (κ2) is 22.9. The normalized spacial score (nSPS) is 12.6. The molecule has 26 heavy (non-hydrogen) atoms. The number of unbranched alkanes of at least 4 members (excludes halogenated alkanes) is 14. The predicted octanol–water partition coefficient (Wildman–Crippen LogP) is 6.23. The summed E-state index contributed by atoms with van der Waals surface area (Å²) >= 11 is 0. The van der Waals surface area contributed by atoms with Crippen LogP contribution >= 0.6 is 0 Å². The van der Waals surface area contributed by atoms with Crippen molar-refractivity contribution < 1.29 is 9.84 Å². The molecule has 0 amide bonds. The first-order valence-electron chi connectivity index (χ1n) is 11.8. The van der Waals surface area contributed by atoms with Gasteiger partial charge in [0.25, 0.3) is 0 Å². The highest BCUT2D eigenvalue weighted by Crippen LogP contribution is 2.10. The van der Waals surface area contributed by atoms with Gasteiger partial charge in [-0.1, -0.05) is 104 Å². The molecule has 0 radical (unpaired) electrons. The Hall–Kier alpha value is -0.120. The number of nitrogens with one attached hydrogen (secondary N) is 1. The van der Waals surface area contributed by atoms with Crippen LogP contribution < -0.4 is 5.32 Å². The molecule has 0 aliphatic heterocycles. The first-order valence-corrected chi connectivity index (χ1v) is 11.8. The maximum Gasteiger partial charge on any atom is 0.0897 e. The summed E-state index contributed by atoms with van der Waals surface area (Å²) in [4.78, 5) is 0. The molecule has 2 N–H and O–H groups in total. The van der Waals surface area contributed by atoms with Crippen molar-refractivity contribution >= 4 is 0 Å². The van der Waals surface area contributed by atoms with Gasteiger partial charge in [-0.3, -0.25) is 0 Å². The Balaban J connectivity index is 3.11. The summed E-state index contributed by atoms with van der Waals surface area (Å²) in [5.74, 6) is 0. The van der Waals surface area contributed by atoms with E-state index < -0.39 is 0 Å². The zero-order chi connectivity index (χ0) is 19.1. The van der Waals surface area contributed by atoms with E-state index in [0.29, 0.717) is 13.2 Å². The van der Waals surface area contributed by atoms with Crippen LogP contribution in [0.5, 0.6) is 0 Å². The van der Waals surface area contributed by atoms with Gasteiger partial charge in [0.15, 0.2) is 0 Å². The largest absolute Gasteiger partial charge is 0.389 e. The highest BCUT2D eigenvalue weighted by atomic mass is 16.5. The lowest BCUT2D eigenvalue weighted by atomic mass is 10.1. The molecule has 0 aromatic heterocycles. The van der Waals surface area contributed by atoms with E-state index in [9.17, 15) is 5.11 Å². The van der Waals surface area contributed by atoms with Crippen LogP contribution in [0.3, 0.4) is 0 Å². The molecular formula is C23H49NO2. The highest BCUT2D eigenvalue weighted by molar-refractivity contribution is 4.59. The molecule has 1 unspecified atom stereocenters. The summed E-state index contributed by atoms with van der Waals surface area (Å²) < 4.78 is 5.57. The number of hydrogen-bond donors (Lipinski definition) is 2. The Bertz CT molecular complexity index is 248. The van der Waals surface area contributed by atoms with E-state index in [0.717, 1.165) is 19.6 Å². The highest BCUT2D eigenvalue weighted by Gasteiger charge is 2.03. The molecule has 0 aliphatic rings. The van der Waals surface area contributed by atoms with Gasteiger partial charge in [0.1, 0.15) is 0 Å². The Morgan fingerprint density at radius 1 is 0.654 bits per heavy atom. The van der Waals surface area contributed by atoms with Crippen molar-refractivity contribution in [3.8, 4) is 0 Å². The summed E-state index contributed by atoms with van der Waals surface area (Å²) in [5, 5.41) is 13.3. The Morgan fingerprint density at radius 2 is 1.12 bits per heavy atom. The minimum absolute atomic E-state index is 0.363. The van der Waals surface area contributed by atoms with Gasteiger partial charge in [0.05, 0.1) is 12.7 Å². The fraction of sp³-hybridized carbons (Fsp3) is 1.00. The average Bonchev–Trinajstić information content (AvgIpc) is 2.65. The first kappa shape index (κ1) is 25.9. The second-order valence-corrected chi connectivity index (χ2v) is 7.88. The molecule has 0 aliphatic carbocycles. The van der Waals surface area contributed by atoms with Crippen LogP contribution in [0.15, 0.2) is 0 Å². The van der Waals surface area contributed by atoms with Crippen LogP contribution in [-0.2, 0) is 4.74 Å². The summed E-state index contributed by atoms with van der Waals surface area (Å²) in [6.45, 7) is 7.46. The SMILES string of the molecule is CCCCCCCCCCCCNCC(O)COCCCCCCCC. The van der Waals surface area contributed by atoms with Crippen LogP contribution in [0.1, 0.15) is 117 Å². The number of ether oxygens (including phenoxy) is 1. The molecule has 0 saturated heterocycles. The molecule has 1 atom stereocenters. The molecule has 3 heteroatoms. The Kier molecular flexibility index (Phi) is 22.8. The lowest BCUT2D eigenvalue weighted by Crippen LogP contribution is -2.31. The molecule has 0 aromatic rings. The summed E-state index contributed by atoms with van der Waals surface area (Å²) in [7, 11) is 0. The molecule has 0 aromatic carbocycles. The smallest absolute Gasteiger partial charge is 0.0897 e. The summed E-state index contributed by atoms with van der Waals surface area (Å²) in [6, 6.07) is 0. The van der Waals surface area contributed by atoms with Gasteiger partial charge < -0.3 is 15.2 Å². The van der Waals surface area contributed by atoms with Gasteiger partial charge in [0, 0.05) is 13.2 Å². The minimum Gasteiger partial charge on any atom is -0.389 e. The van der Waals surface area contributed by atoms with E-state index in [4.69, 9.17) is 4.74 Å². The summed E-state index contributed by atoms with van der Waals surface area (Å²) in [6.07, 6.45) is 21.0. The van der Waals surface area contributed by atoms with Crippen LogP contribution in [0, 0.1) is 0 Å². The van der Waals surface area contributed by atoms with Crippen molar-refractivity contribution in [2.45, 2.75) is 123 Å². The zero-order valence-electron chi connectivity index (χ0n) is 18.1. The predicted molar refractivity (Wildman–Crippen MR) is 115 cm³/mol. The lowest BCUT2D eigenvalue weighted by Gasteiger charge is -2.12. The third-order valence-corrected chi connectivity index (χ3v) is 5.04. The van der Waals surface area contributed by atoms with Crippen molar-refractivity contribution in [1.29, 1.82) is 0 Å². The zero-order valence-corrected chi connectivity index (χ0v) is 18.1. The van der Waals surface area contributed by atoms with Crippen LogP contribution in [0.2, 0.25) is 0 Å². The summed E-state index contributed by atoms with van der Waals surface area (Å²) in [5.41, 5.74) is 0. The van der Waals surface area contributed by atoms with E-state index in [1.54, 1.807) is 0 Å². The maximum atomic E-state index is 9.90. The van der Waals surface area contributed by atoms with Crippen molar-refractivity contribution in [3.63, 3.8) is 0 Å². The Morgan fingerprint density at radius 3 is 1.65 bits per heavy atom. The van der Waals surface area contributed by atoms with E-state index in [1.165, 1.54) is 96.3 Å². The number of rotatable bonds is 22. The molecule has 158 valence electrons. The van der Waals surface area contributed by atoms with E-state index in [-0.39, 0.29) is 6.10 Å². The molecule has 3 nitrogen and oxygen atoms in total. The van der Waals surface area contributed by atoms with Gasteiger partial charge >= 0.3 is 0 Å². The van der Waals surface area contributed by atoms with E-state index in [2.05, 4.69) is 19.2 Å². The molecule has 0 heterocycles. The third-order valence-electron chi connectivity index (χ3n) is 5.04. The van der Waals surface area contributed by atoms with E-state index >= 15 is 0 Å². The van der Waals surface area contributed by atoms with Crippen molar-refractivity contribution in [3.05, 3.63) is 0 Å². The molecule has 0 saturated carbocycles.